The van der Waals surface area contributed by atoms with E-state index >= 15 is 0 Å². The molecule has 0 saturated carbocycles. The fraction of sp³-hybridized carbons (Fsp3) is 0.533. The van der Waals surface area contributed by atoms with Crippen LogP contribution in [0.2, 0.25) is 0 Å². The predicted octanol–water partition coefficient (Wildman–Crippen LogP) is 1.15. The molecule has 1 heterocycles. The van der Waals surface area contributed by atoms with E-state index < -0.39 is 10.2 Å². The summed E-state index contributed by atoms with van der Waals surface area (Å²) in [5.41, 5.74) is 0.628. The van der Waals surface area contributed by atoms with Crippen molar-refractivity contribution in [1.82, 2.24) is 8.61 Å². The Balaban J connectivity index is 1.96. The van der Waals surface area contributed by atoms with E-state index in [4.69, 9.17) is 4.74 Å². The highest BCUT2D eigenvalue weighted by Gasteiger charge is 2.32. The molecule has 1 amide bonds. The molecule has 0 bridgehead atoms. The lowest BCUT2D eigenvalue weighted by molar-refractivity contribution is -0.120. The van der Waals surface area contributed by atoms with Crippen LogP contribution >= 0.6 is 0 Å². The molecule has 2 rings (SSSR count). The van der Waals surface area contributed by atoms with Gasteiger partial charge in [-0.25, -0.2) is 0 Å². The average Bonchev–Trinajstić information content (AvgIpc) is 2.55. The molecule has 0 atom stereocenters. The van der Waals surface area contributed by atoms with Crippen molar-refractivity contribution in [1.29, 1.82) is 0 Å². The Kier molecular flexibility index (Phi) is 5.61. The van der Waals surface area contributed by atoms with Gasteiger partial charge in [-0.05, 0) is 25.0 Å². The van der Waals surface area contributed by atoms with E-state index in [2.05, 4.69) is 5.32 Å². The first kappa shape index (κ1) is 17.7. The minimum Gasteiger partial charge on any atom is -0.495 e. The molecular formula is C15H23N3O4S. The summed E-state index contributed by atoms with van der Waals surface area (Å²) in [6.45, 7) is 0.703. The van der Waals surface area contributed by atoms with E-state index in [-0.39, 0.29) is 11.8 Å². The van der Waals surface area contributed by atoms with Crippen molar-refractivity contribution in [3.63, 3.8) is 0 Å². The highest BCUT2D eigenvalue weighted by atomic mass is 32.2. The van der Waals surface area contributed by atoms with Crippen LogP contribution in [0.5, 0.6) is 5.75 Å². The molecule has 23 heavy (non-hydrogen) atoms. The lowest BCUT2D eigenvalue weighted by atomic mass is 9.97. The zero-order chi connectivity index (χ0) is 17.0. The van der Waals surface area contributed by atoms with Crippen LogP contribution in [0.15, 0.2) is 24.3 Å². The Morgan fingerprint density at radius 2 is 1.87 bits per heavy atom. The summed E-state index contributed by atoms with van der Waals surface area (Å²) in [5.74, 6) is 0.304. The fourth-order valence-electron chi connectivity index (χ4n) is 2.56. The van der Waals surface area contributed by atoms with Gasteiger partial charge in [0, 0.05) is 33.1 Å². The molecule has 0 aliphatic carbocycles. The maximum atomic E-state index is 12.4. The summed E-state index contributed by atoms with van der Waals surface area (Å²) in [6, 6.07) is 7.22. The third-order valence-electron chi connectivity index (χ3n) is 3.98. The van der Waals surface area contributed by atoms with Gasteiger partial charge in [0.15, 0.2) is 0 Å². The number of para-hydroxylation sites is 2. The van der Waals surface area contributed by atoms with Crippen LogP contribution in [-0.2, 0) is 15.0 Å². The minimum atomic E-state index is -3.40. The summed E-state index contributed by atoms with van der Waals surface area (Å²) in [7, 11) is 1.17. The second-order valence-corrected chi connectivity index (χ2v) is 7.80. The molecule has 1 aliphatic heterocycles. The zero-order valence-corrected chi connectivity index (χ0v) is 14.5. The lowest BCUT2D eigenvalue weighted by Gasteiger charge is -2.32. The largest absolute Gasteiger partial charge is 0.495 e. The number of nitrogens with one attached hydrogen (secondary N) is 1. The first-order valence-corrected chi connectivity index (χ1v) is 8.87. The Hall–Kier alpha value is -1.64. The molecule has 0 aromatic heterocycles. The number of ether oxygens (including phenoxy) is 1. The first-order chi connectivity index (χ1) is 10.9. The number of piperidine rings is 1. The number of hydrogen-bond acceptors (Lipinski definition) is 4. The van der Waals surface area contributed by atoms with Crippen LogP contribution in [0.25, 0.3) is 0 Å². The quantitative estimate of drug-likeness (QED) is 0.871. The van der Waals surface area contributed by atoms with Gasteiger partial charge in [0.25, 0.3) is 10.2 Å². The smallest absolute Gasteiger partial charge is 0.281 e. The number of carbonyl (C=O) groups excluding carboxylic acids is 1. The summed E-state index contributed by atoms with van der Waals surface area (Å²) in [5, 5.41) is 2.87. The van der Waals surface area contributed by atoms with Gasteiger partial charge < -0.3 is 10.1 Å². The number of benzene rings is 1. The van der Waals surface area contributed by atoms with Crippen LogP contribution in [0, 0.1) is 5.92 Å². The Labute approximate surface area is 137 Å². The van der Waals surface area contributed by atoms with E-state index in [9.17, 15) is 13.2 Å². The third-order valence-corrected chi connectivity index (χ3v) is 5.92. The SMILES string of the molecule is COc1ccccc1NC(=O)C1CCN(S(=O)(=O)N(C)C)CC1. The van der Waals surface area contributed by atoms with E-state index in [1.54, 1.807) is 19.2 Å². The highest BCUT2D eigenvalue weighted by Crippen LogP contribution is 2.26. The summed E-state index contributed by atoms with van der Waals surface area (Å²) >= 11 is 0. The summed E-state index contributed by atoms with van der Waals surface area (Å²) < 4.78 is 32.0. The average molecular weight is 341 g/mol. The van der Waals surface area contributed by atoms with Crippen molar-refractivity contribution in [2.75, 3.05) is 39.6 Å². The molecular weight excluding hydrogens is 318 g/mol. The lowest BCUT2D eigenvalue weighted by Crippen LogP contribution is -2.46. The van der Waals surface area contributed by atoms with Crippen molar-refractivity contribution >= 4 is 21.8 Å². The van der Waals surface area contributed by atoms with Crippen molar-refractivity contribution in [3.8, 4) is 5.75 Å². The van der Waals surface area contributed by atoms with Crippen LogP contribution in [0.3, 0.4) is 0 Å². The number of anilines is 1. The molecule has 8 heteroatoms. The van der Waals surface area contributed by atoms with Crippen molar-refractivity contribution in [3.05, 3.63) is 24.3 Å². The van der Waals surface area contributed by atoms with Gasteiger partial charge in [0.05, 0.1) is 12.8 Å². The van der Waals surface area contributed by atoms with Crippen molar-refractivity contribution < 1.29 is 17.9 Å². The molecule has 7 nitrogen and oxygen atoms in total. The van der Waals surface area contributed by atoms with Crippen LogP contribution in [0.4, 0.5) is 5.69 Å². The first-order valence-electron chi connectivity index (χ1n) is 7.47. The van der Waals surface area contributed by atoms with Gasteiger partial charge in [-0.2, -0.15) is 17.0 Å². The van der Waals surface area contributed by atoms with Gasteiger partial charge in [-0.1, -0.05) is 12.1 Å². The van der Waals surface area contributed by atoms with Crippen molar-refractivity contribution in [2.24, 2.45) is 5.92 Å². The molecule has 1 aromatic rings. The number of rotatable bonds is 5. The zero-order valence-electron chi connectivity index (χ0n) is 13.7. The normalized spacial score (nSPS) is 17.2. The van der Waals surface area contributed by atoms with Crippen molar-refractivity contribution in [2.45, 2.75) is 12.8 Å². The van der Waals surface area contributed by atoms with Gasteiger partial charge in [0.1, 0.15) is 5.75 Å². The standard InChI is InChI=1S/C15H23N3O4S/c1-17(2)23(20,21)18-10-8-12(9-11-18)15(19)16-13-6-4-5-7-14(13)22-3/h4-7,12H,8-11H2,1-3H3,(H,16,19). The van der Waals surface area contributed by atoms with Crippen LogP contribution < -0.4 is 10.1 Å². The van der Waals surface area contributed by atoms with Gasteiger partial charge in [-0.15, -0.1) is 0 Å². The van der Waals surface area contributed by atoms with Gasteiger partial charge >= 0.3 is 0 Å². The maximum Gasteiger partial charge on any atom is 0.281 e. The summed E-state index contributed by atoms with van der Waals surface area (Å²) in [4.78, 5) is 12.4. The minimum absolute atomic E-state index is 0.101. The number of carbonyl (C=O) groups is 1. The number of amides is 1. The Bertz CT molecular complexity index is 652. The van der Waals surface area contributed by atoms with E-state index in [1.807, 2.05) is 12.1 Å². The van der Waals surface area contributed by atoms with Crippen LogP contribution in [0.1, 0.15) is 12.8 Å². The molecule has 1 saturated heterocycles. The molecule has 1 fully saturated rings. The molecule has 128 valence electrons. The van der Waals surface area contributed by atoms with E-state index in [0.717, 1.165) is 0 Å². The van der Waals surface area contributed by atoms with Gasteiger partial charge in [0.2, 0.25) is 5.91 Å². The molecule has 0 radical (unpaired) electrons. The van der Waals surface area contributed by atoms with E-state index in [1.165, 1.54) is 22.7 Å². The molecule has 1 aliphatic rings. The number of methoxy groups -OCH3 is 1. The van der Waals surface area contributed by atoms with Gasteiger partial charge in [-0.3, -0.25) is 4.79 Å². The second kappa shape index (κ2) is 7.29. The predicted molar refractivity (Wildman–Crippen MR) is 88.5 cm³/mol. The Morgan fingerprint density at radius 3 is 2.43 bits per heavy atom. The number of nitrogens with zero attached hydrogens (tertiary/aromatic N) is 2. The summed E-state index contributed by atoms with van der Waals surface area (Å²) in [6.07, 6.45) is 1.02. The maximum absolute atomic E-state index is 12.4. The topological polar surface area (TPSA) is 79.0 Å². The Morgan fingerprint density at radius 1 is 1.26 bits per heavy atom. The number of hydrogen-bond donors (Lipinski definition) is 1. The third kappa shape index (κ3) is 4.01. The molecule has 0 unspecified atom stereocenters. The monoisotopic (exact) mass is 341 g/mol. The highest BCUT2D eigenvalue weighted by molar-refractivity contribution is 7.86. The molecule has 0 spiro atoms. The second-order valence-electron chi connectivity index (χ2n) is 5.65. The molecule has 1 N–H and O–H groups in total. The fourth-order valence-corrected chi connectivity index (χ4v) is 3.70. The molecule has 1 aromatic carbocycles. The van der Waals surface area contributed by atoms with Crippen LogP contribution in [-0.4, -0.2) is 57.2 Å². The van der Waals surface area contributed by atoms with E-state index in [0.29, 0.717) is 37.4 Å².